The van der Waals surface area contributed by atoms with E-state index in [0.717, 1.165) is 46.3 Å². The number of nitrogens with zero attached hydrogens (tertiary/aromatic N) is 3. The molecule has 5 nitrogen and oxygen atoms in total. The van der Waals surface area contributed by atoms with Gasteiger partial charge in [-0.1, -0.05) is 6.07 Å². The van der Waals surface area contributed by atoms with E-state index in [2.05, 4.69) is 40.2 Å². The molecule has 0 unspecified atom stereocenters. The molecular weight excluding hydrogens is 312 g/mol. The van der Waals surface area contributed by atoms with E-state index < -0.39 is 0 Å². The Kier molecular flexibility index (Phi) is 3.35. The topological polar surface area (TPSA) is 64.3 Å². The number of fused-ring (bicyclic) bond motifs is 2. The maximum absolute atomic E-state index is 5.86. The van der Waals surface area contributed by atoms with Crippen LogP contribution in [0.15, 0.2) is 42.6 Å². The molecule has 126 valence electrons. The Bertz CT molecular complexity index is 952. The van der Waals surface area contributed by atoms with Crippen LogP contribution in [0.3, 0.4) is 0 Å². The van der Waals surface area contributed by atoms with Gasteiger partial charge in [0, 0.05) is 18.1 Å². The van der Waals surface area contributed by atoms with Crippen molar-refractivity contribution in [1.29, 1.82) is 0 Å². The van der Waals surface area contributed by atoms with Crippen LogP contribution in [0.1, 0.15) is 30.0 Å². The first-order valence-corrected chi connectivity index (χ1v) is 8.82. The second kappa shape index (κ2) is 5.70. The standard InChI is InChI=1S/C20H20N4O/c21-11-16-10-17-15(12-22-16)4-6-20(23-17)24-7-8-25-19-5-3-14(9-18(19)24)13-1-2-13/h3-6,9-10,12-13H,1-2,7-8,11,21H2. The minimum absolute atomic E-state index is 0.424. The Balaban J connectivity index is 1.59. The van der Waals surface area contributed by atoms with Gasteiger partial charge in [0.2, 0.25) is 0 Å². The molecule has 2 aromatic heterocycles. The smallest absolute Gasteiger partial charge is 0.143 e. The van der Waals surface area contributed by atoms with Gasteiger partial charge in [0.15, 0.2) is 0 Å². The van der Waals surface area contributed by atoms with Crippen LogP contribution in [0.2, 0.25) is 0 Å². The molecule has 5 rings (SSSR count). The molecule has 0 spiro atoms. The van der Waals surface area contributed by atoms with Crippen molar-refractivity contribution in [2.45, 2.75) is 25.3 Å². The van der Waals surface area contributed by atoms with Gasteiger partial charge in [0.05, 0.1) is 23.4 Å². The normalized spacial score (nSPS) is 16.6. The Labute approximate surface area is 146 Å². The molecule has 0 bridgehead atoms. The van der Waals surface area contributed by atoms with Crippen molar-refractivity contribution in [3.05, 3.63) is 53.9 Å². The van der Waals surface area contributed by atoms with Crippen LogP contribution in [0.25, 0.3) is 10.9 Å². The van der Waals surface area contributed by atoms with Crippen LogP contribution >= 0.6 is 0 Å². The Morgan fingerprint density at radius 2 is 2.08 bits per heavy atom. The van der Waals surface area contributed by atoms with Crippen molar-refractivity contribution in [1.82, 2.24) is 9.97 Å². The van der Waals surface area contributed by atoms with E-state index in [1.54, 1.807) is 0 Å². The zero-order valence-corrected chi connectivity index (χ0v) is 14.0. The molecule has 25 heavy (non-hydrogen) atoms. The summed E-state index contributed by atoms with van der Waals surface area (Å²) >= 11 is 0. The predicted octanol–water partition coefficient (Wildman–Crippen LogP) is 3.50. The van der Waals surface area contributed by atoms with Crippen molar-refractivity contribution >= 4 is 22.4 Å². The van der Waals surface area contributed by atoms with E-state index in [4.69, 9.17) is 15.5 Å². The highest BCUT2D eigenvalue weighted by molar-refractivity contribution is 5.81. The van der Waals surface area contributed by atoms with Gasteiger partial charge in [-0.05, 0) is 54.7 Å². The van der Waals surface area contributed by atoms with Crippen LogP contribution < -0.4 is 15.4 Å². The number of rotatable bonds is 3. The Morgan fingerprint density at radius 1 is 1.16 bits per heavy atom. The van der Waals surface area contributed by atoms with Crippen molar-refractivity contribution < 1.29 is 4.74 Å². The van der Waals surface area contributed by atoms with Crippen molar-refractivity contribution in [2.75, 3.05) is 18.1 Å². The summed E-state index contributed by atoms with van der Waals surface area (Å²) in [7, 11) is 0. The highest BCUT2D eigenvalue weighted by Gasteiger charge is 2.27. The van der Waals surface area contributed by atoms with Crippen LogP contribution in [-0.4, -0.2) is 23.1 Å². The van der Waals surface area contributed by atoms with Gasteiger partial charge >= 0.3 is 0 Å². The third-order valence-corrected chi connectivity index (χ3v) is 5.00. The summed E-state index contributed by atoms with van der Waals surface area (Å²) in [5, 5.41) is 1.03. The minimum Gasteiger partial charge on any atom is -0.490 e. The summed E-state index contributed by atoms with van der Waals surface area (Å²) in [6.07, 6.45) is 4.43. The highest BCUT2D eigenvalue weighted by atomic mass is 16.5. The molecule has 3 aromatic rings. The first-order valence-electron chi connectivity index (χ1n) is 8.82. The zero-order valence-electron chi connectivity index (χ0n) is 14.0. The molecule has 0 saturated heterocycles. The van der Waals surface area contributed by atoms with E-state index in [1.807, 2.05) is 12.3 Å². The number of nitrogens with two attached hydrogens (primary N) is 1. The Hall–Kier alpha value is -2.66. The molecule has 1 aliphatic carbocycles. The van der Waals surface area contributed by atoms with Crippen LogP contribution in [0, 0.1) is 0 Å². The van der Waals surface area contributed by atoms with E-state index in [1.165, 1.54) is 18.4 Å². The van der Waals surface area contributed by atoms with E-state index in [9.17, 15) is 0 Å². The second-order valence-corrected chi connectivity index (χ2v) is 6.74. The summed E-state index contributed by atoms with van der Waals surface area (Å²) in [5.41, 5.74) is 10.0. The molecule has 3 heterocycles. The molecule has 1 aromatic carbocycles. The van der Waals surface area contributed by atoms with Gasteiger partial charge in [0.25, 0.3) is 0 Å². The molecule has 2 aliphatic rings. The number of aromatic nitrogens is 2. The van der Waals surface area contributed by atoms with Crippen LogP contribution in [0.4, 0.5) is 11.5 Å². The van der Waals surface area contributed by atoms with Crippen LogP contribution in [0.5, 0.6) is 5.75 Å². The third-order valence-electron chi connectivity index (χ3n) is 5.00. The number of ether oxygens (including phenoxy) is 1. The first kappa shape index (κ1) is 14.7. The van der Waals surface area contributed by atoms with Gasteiger partial charge in [-0.15, -0.1) is 0 Å². The minimum atomic E-state index is 0.424. The Morgan fingerprint density at radius 3 is 2.92 bits per heavy atom. The van der Waals surface area contributed by atoms with Gasteiger partial charge < -0.3 is 15.4 Å². The highest BCUT2D eigenvalue weighted by Crippen LogP contribution is 2.44. The molecule has 1 aliphatic heterocycles. The fraction of sp³-hybridized carbons (Fsp3) is 0.300. The number of hydrogen-bond donors (Lipinski definition) is 1. The molecule has 1 saturated carbocycles. The summed E-state index contributed by atoms with van der Waals surface area (Å²) in [6, 6.07) is 12.7. The summed E-state index contributed by atoms with van der Waals surface area (Å²) in [4.78, 5) is 11.5. The SMILES string of the molecule is NCc1cc2nc(N3CCOc4ccc(C5CC5)cc43)ccc2cn1. The maximum atomic E-state index is 5.86. The second-order valence-electron chi connectivity index (χ2n) is 6.74. The molecule has 0 radical (unpaired) electrons. The number of pyridine rings is 2. The monoisotopic (exact) mass is 332 g/mol. The maximum Gasteiger partial charge on any atom is 0.143 e. The van der Waals surface area contributed by atoms with Gasteiger partial charge in [-0.3, -0.25) is 4.98 Å². The lowest BCUT2D eigenvalue weighted by molar-refractivity contribution is 0.313. The fourth-order valence-electron chi connectivity index (χ4n) is 3.45. The average molecular weight is 332 g/mol. The summed E-state index contributed by atoms with van der Waals surface area (Å²) in [5.74, 6) is 2.60. The fourth-order valence-corrected chi connectivity index (χ4v) is 3.45. The summed E-state index contributed by atoms with van der Waals surface area (Å²) in [6.45, 7) is 1.89. The average Bonchev–Trinajstić information content (AvgIpc) is 3.51. The summed E-state index contributed by atoms with van der Waals surface area (Å²) < 4.78 is 5.86. The lowest BCUT2D eigenvalue weighted by atomic mass is 10.1. The molecule has 5 heteroatoms. The molecule has 0 atom stereocenters. The molecular formula is C20H20N4O. The lowest BCUT2D eigenvalue weighted by Gasteiger charge is -2.31. The molecule has 0 amide bonds. The lowest BCUT2D eigenvalue weighted by Crippen LogP contribution is -2.29. The van der Waals surface area contributed by atoms with Gasteiger partial charge in [-0.2, -0.15) is 0 Å². The zero-order chi connectivity index (χ0) is 16.8. The predicted molar refractivity (Wildman–Crippen MR) is 98.3 cm³/mol. The molecule has 2 N–H and O–H groups in total. The first-order chi connectivity index (χ1) is 12.3. The van der Waals surface area contributed by atoms with E-state index in [-0.39, 0.29) is 0 Å². The van der Waals surface area contributed by atoms with E-state index in [0.29, 0.717) is 13.2 Å². The molecule has 1 fully saturated rings. The van der Waals surface area contributed by atoms with Crippen molar-refractivity contribution in [3.8, 4) is 5.75 Å². The number of anilines is 2. The number of hydrogen-bond acceptors (Lipinski definition) is 5. The van der Waals surface area contributed by atoms with Crippen molar-refractivity contribution in [2.24, 2.45) is 5.73 Å². The van der Waals surface area contributed by atoms with Crippen LogP contribution in [-0.2, 0) is 6.54 Å². The van der Waals surface area contributed by atoms with Gasteiger partial charge in [-0.25, -0.2) is 4.98 Å². The quantitative estimate of drug-likeness (QED) is 0.795. The number of benzene rings is 1. The van der Waals surface area contributed by atoms with E-state index >= 15 is 0 Å². The largest absolute Gasteiger partial charge is 0.490 e. The van der Waals surface area contributed by atoms with Gasteiger partial charge in [0.1, 0.15) is 18.2 Å². The third kappa shape index (κ3) is 2.61. The van der Waals surface area contributed by atoms with Crippen molar-refractivity contribution in [3.63, 3.8) is 0 Å².